The van der Waals surface area contributed by atoms with Gasteiger partial charge in [-0.2, -0.15) is 16.9 Å². The van der Waals surface area contributed by atoms with Gasteiger partial charge < -0.3 is 9.67 Å². The molecule has 0 atom stereocenters. The van der Waals surface area contributed by atoms with Crippen LogP contribution in [0.15, 0.2) is 52.7 Å². The van der Waals surface area contributed by atoms with Crippen LogP contribution in [0.4, 0.5) is 15.8 Å². The van der Waals surface area contributed by atoms with Gasteiger partial charge in [-0.15, -0.1) is 5.11 Å². The highest BCUT2D eigenvalue weighted by molar-refractivity contribution is 8.00. The van der Waals surface area contributed by atoms with E-state index in [1.54, 1.807) is 6.07 Å². The summed E-state index contributed by atoms with van der Waals surface area (Å²) in [6, 6.07) is 12.3. The van der Waals surface area contributed by atoms with Crippen LogP contribution in [0.1, 0.15) is 11.6 Å². The maximum Gasteiger partial charge on any atom is 0.221 e. The van der Waals surface area contributed by atoms with E-state index in [9.17, 15) is 9.50 Å². The molecular weight excluding hydrogens is 325 g/mol. The lowest BCUT2D eigenvalue weighted by molar-refractivity contribution is 0.406. The van der Waals surface area contributed by atoms with Crippen molar-refractivity contribution in [1.82, 2.24) is 4.57 Å². The van der Waals surface area contributed by atoms with Crippen molar-refractivity contribution in [2.75, 3.05) is 11.5 Å². The Labute approximate surface area is 143 Å². The molecule has 0 saturated carbocycles. The standard InChI is InChI=1S/C18H16FN3OS/c1-11-2-5-13(6-3-11)20-21-17-15-8-12(19)4-7-16(15)22(18(17)23)14-9-24-10-14/h2-8,14,23H,9-10H2,1H3. The number of rotatable bonds is 3. The molecule has 1 aliphatic rings. The molecule has 0 unspecified atom stereocenters. The molecule has 2 heterocycles. The van der Waals surface area contributed by atoms with Crippen molar-refractivity contribution in [2.24, 2.45) is 10.2 Å². The molecule has 0 bridgehead atoms. The fraction of sp³-hybridized carbons (Fsp3) is 0.222. The number of nitrogens with zero attached hydrogens (tertiary/aromatic N) is 3. The number of aromatic nitrogens is 1. The van der Waals surface area contributed by atoms with Crippen LogP contribution in [0.2, 0.25) is 0 Å². The molecule has 2 aromatic carbocycles. The number of benzene rings is 2. The Kier molecular flexibility index (Phi) is 3.76. The Bertz CT molecular complexity index is 930. The number of thioether (sulfide) groups is 1. The predicted molar refractivity (Wildman–Crippen MR) is 95.3 cm³/mol. The van der Waals surface area contributed by atoms with Crippen molar-refractivity contribution in [1.29, 1.82) is 0 Å². The van der Waals surface area contributed by atoms with E-state index in [4.69, 9.17) is 0 Å². The van der Waals surface area contributed by atoms with Gasteiger partial charge >= 0.3 is 0 Å². The molecule has 1 aromatic heterocycles. The van der Waals surface area contributed by atoms with Gasteiger partial charge in [0.25, 0.3) is 0 Å². The van der Waals surface area contributed by atoms with Gasteiger partial charge in [-0.25, -0.2) is 4.39 Å². The molecule has 3 aromatic rings. The molecule has 24 heavy (non-hydrogen) atoms. The molecular formula is C18H16FN3OS. The van der Waals surface area contributed by atoms with Crippen molar-refractivity contribution < 1.29 is 9.50 Å². The van der Waals surface area contributed by atoms with E-state index >= 15 is 0 Å². The quantitative estimate of drug-likeness (QED) is 0.640. The lowest BCUT2D eigenvalue weighted by atomic mass is 10.2. The van der Waals surface area contributed by atoms with Crippen LogP contribution >= 0.6 is 11.8 Å². The lowest BCUT2D eigenvalue weighted by Crippen LogP contribution is -2.22. The molecule has 0 spiro atoms. The van der Waals surface area contributed by atoms with Gasteiger partial charge in [-0.1, -0.05) is 17.7 Å². The average Bonchev–Trinajstić information content (AvgIpc) is 2.78. The normalized spacial score (nSPS) is 15.2. The van der Waals surface area contributed by atoms with Gasteiger partial charge in [0, 0.05) is 16.9 Å². The number of halogens is 1. The Balaban J connectivity index is 1.83. The zero-order chi connectivity index (χ0) is 16.7. The summed E-state index contributed by atoms with van der Waals surface area (Å²) in [6.45, 7) is 2.00. The van der Waals surface area contributed by atoms with Crippen LogP contribution in [0, 0.1) is 12.7 Å². The van der Waals surface area contributed by atoms with E-state index in [1.807, 2.05) is 47.5 Å². The lowest BCUT2D eigenvalue weighted by Gasteiger charge is -2.27. The SMILES string of the molecule is Cc1ccc(N=Nc2c(O)n(C3CSC3)c3ccc(F)cc23)cc1. The minimum absolute atomic E-state index is 0.0526. The Morgan fingerprint density at radius 2 is 1.88 bits per heavy atom. The molecule has 4 rings (SSSR count). The van der Waals surface area contributed by atoms with E-state index in [-0.39, 0.29) is 17.7 Å². The molecule has 1 fully saturated rings. The van der Waals surface area contributed by atoms with E-state index in [0.29, 0.717) is 16.8 Å². The Morgan fingerprint density at radius 3 is 2.54 bits per heavy atom. The molecule has 1 saturated heterocycles. The number of fused-ring (bicyclic) bond motifs is 1. The van der Waals surface area contributed by atoms with Crippen LogP contribution in [0.3, 0.4) is 0 Å². The van der Waals surface area contributed by atoms with Gasteiger partial charge in [0.15, 0.2) is 5.69 Å². The third kappa shape index (κ3) is 2.57. The summed E-state index contributed by atoms with van der Waals surface area (Å²) in [6.07, 6.45) is 0. The first-order chi connectivity index (χ1) is 11.6. The van der Waals surface area contributed by atoms with Crippen molar-refractivity contribution in [3.8, 4) is 5.88 Å². The molecule has 1 aliphatic heterocycles. The monoisotopic (exact) mass is 341 g/mol. The van der Waals surface area contributed by atoms with E-state index in [2.05, 4.69) is 10.2 Å². The number of hydrogen-bond donors (Lipinski definition) is 1. The summed E-state index contributed by atoms with van der Waals surface area (Å²) >= 11 is 1.82. The van der Waals surface area contributed by atoms with Crippen LogP contribution in [0.25, 0.3) is 10.9 Å². The van der Waals surface area contributed by atoms with Gasteiger partial charge in [-0.3, -0.25) is 0 Å². The van der Waals surface area contributed by atoms with Gasteiger partial charge in [0.05, 0.1) is 17.2 Å². The minimum atomic E-state index is -0.352. The number of aromatic hydroxyl groups is 1. The smallest absolute Gasteiger partial charge is 0.221 e. The molecule has 0 amide bonds. The van der Waals surface area contributed by atoms with Crippen molar-refractivity contribution in [3.05, 3.63) is 53.8 Å². The molecule has 0 radical (unpaired) electrons. The third-order valence-corrected chi connectivity index (χ3v) is 5.44. The molecule has 4 nitrogen and oxygen atoms in total. The molecule has 122 valence electrons. The van der Waals surface area contributed by atoms with E-state index < -0.39 is 0 Å². The van der Waals surface area contributed by atoms with Crippen LogP contribution in [-0.4, -0.2) is 21.2 Å². The zero-order valence-electron chi connectivity index (χ0n) is 13.1. The summed E-state index contributed by atoms with van der Waals surface area (Å²) in [5.74, 6) is 1.57. The second-order valence-electron chi connectivity index (χ2n) is 5.93. The maximum atomic E-state index is 13.7. The first kappa shape index (κ1) is 15.2. The fourth-order valence-electron chi connectivity index (χ4n) is 2.82. The van der Waals surface area contributed by atoms with E-state index in [1.165, 1.54) is 12.1 Å². The number of azo groups is 1. The second-order valence-corrected chi connectivity index (χ2v) is 7.01. The first-order valence-corrected chi connectivity index (χ1v) is 8.87. The van der Waals surface area contributed by atoms with Gasteiger partial charge in [0.2, 0.25) is 5.88 Å². The second kappa shape index (κ2) is 5.94. The highest BCUT2D eigenvalue weighted by Gasteiger charge is 2.27. The topological polar surface area (TPSA) is 49.9 Å². The minimum Gasteiger partial charge on any atom is -0.493 e. The first-order valence-electron chi connectivity index (χ1n) is 7.72. The molecule has 0 aliphatic carbocycles. The van der Waals surface area contributed by atoms with Crippen molar-refractivity contribution in [2.45, 2.75) is 13.0 Å². The highest BCUT2D eigenvalue weighted by atomic mass is 32.2. The highest BCUT2D eigenvalue weighted by Crippen LogP contribution is 2.45. The van der Waals surface area contributed by atoms with Crippen molar-refractivity contribution in [3.63, 3.8) is 0 Å². The summed E-state index contributed by atoms with van der Waals surface area (Å²) in [4.78, 5) is 0. The number of hydrogen-bond acceptors (Lipinski definition) is 4. The summed E-state index contributed by atoms with van der Waals surface area (Å²) < 4.78 is 15.5. The fourth-order valence-corrected chi connectivity index (χ4v) is 3.56. The Hall–Kier alpha value is -2.34. The predicted octanol–water partition coefficient (Wildman–Crippen LogP) is 5.50. The van der Waals surface area contributed by atoms with Crippen LogP contribution in [-0.2, 0) is 0 Å². The zero-order valence-corrected chi connectivity index (χ0v) is 13.9. The maximum absolute atomic E-state index is 13.7. The summed E-state index contributed by atoms with van der Waals surface area (Å²) in [7, 11) is 0. The number of aryl methyl sites for hydroxylation is 1. The van der Waals surface area contributed by atoms with Gasteiger partial charge in [-0.05, 0) is 37.3 Å². The molecule has 1 N–H and O–H groups in total. The van der Waals surface area contributed by atoms with Crippen molar-refractivity contribution >= 4 is 34.0 Å². The Morgan fingerprint density at radius 1 is 1.12 bits per heavy atom. The van der Waals surface area contributed by atoms with Gasteiger partial charge in [0.1, 0.15) is 5.82 Å². The largest absolute Gasteiger partial charge is 0.493 e. The van der Waals surface area contributed by atoms with Crippen LogP contribution in [0.5, 0.6) is 5.88 Å². The van der Waals surface area contributed by atoms with E-state index in [0.717, 1.165) is 22.6 Å². The average molecular weight is 341 g/mol. The summed E-state index contributed by atoms with van der Waals surface area (Å²) in [5.41, 5.74) is 2.94. The summed E-state index contributed by atoms with van der Waals surface area (Å²) in [5, 5.41) is 19.6. The molecule has 6 heteroatoms. The van der Waals surface area contributed by atoms with Crippen LogP contribution < -0.4 is 0 Å². The third-order valence-electron chi connectivity index (χ3n) is 4.20.